The fourth-order valence-electron chi connectivity index (χ4n) is 3.13. The molecule has 6 heteroatoms. The minimum absolute atomic E-state index is 0. The van der Waals surface area contributed by atoms with E-state index in [1.165, 1.54) is 6.92 Å². The highest BCUT2D eigenvalue weighted by Gasteiger charge is 2.24. The zero-order valence-corrected chi connectivity index (χ0v) is 16.4. The van der Waals surface area contributed by atoms with Gasteiger partial charge in [0.2, 0.25) is 0 Å². The third-order valence-electron chi connectivity index (χ3n) is 4.50. The molecule has 29 heavy (non-hydrogen) atoms. The molecule has 0 fully saturated rings. The standard InChI is InChI=1S/C22H23N3O3.CH4.H2/c1-5-7-20-23-21(24-22(15(3)26)25(20)4)18(27)9-6-8-16-10-11-19-17(13-16)12-14(2)28-19;;/h5,7,10-13H,1,6,8-9H2,2-4H3;1H4;1H/b20-7-;;. The molecule has 3 rings (SSSR count). The van der Waals surface area contributed by atoms with E-state index in [1.54, 1.807) is 24.1 Å². The highest BCUT2D eigenvalue weighted by atomic mass is 16.3. The molecule has 0 radical (unpaired) electrons. The first kappa shape index (κ1) is 22.0. The number of carbonyl (C=O) groups excluding carboxylic acids is 2. The van der Waals surface area contributed by atoms with E-state index in [9.17, 15) is 9.59 Å². The first-order chi connectivity index (χ1) is 13.4. The Labute approximate surface area is 172 Å². The molecule has 0 atom stereocenters. The summed E-state index contributed by atoms with van der Waals surface area (Å²) < 4.78 is 5.58. The second kappa shape index (κ2) is 9.28. The second-order valence-corrected chi connectivity index (χ2v) is 6.75. The van der Waals surface area contributed by atoms with Crippen LogP contribution in [0, 0.1) is 6.92 Å². The molecule has 0 aliphatic carbocycles. The number of hydrogen-bond acceptors (Lipinski definition) is 6. The second-order valence-electron chi connectivity index (χ2n) is 6.75. The van der Waals surface area contributed by atoms with Crippen molar-refractivity contribution in [1.82, 2.24) is 4.90 Å². The molecule has 0 amide bonds. The molecule has 0 unspecified atom stereocenters. The number of likely N-dealkylation sites (N-methyl/N-ethyl adjacent to an activating group) is 1. The first-order valence-electron chi connectivity index (χ1n) is 9.16. The van der Waals surface area contributed by atoms with E-state index in [0.717, 1.165) is 28.7 Å². The number of aryl methyl sites for hydroxylation is 2. The summed E-state index contributed by atoms with van der Waals surface area (Å²) in [6.07, 6.45) is 4.95. The third-order valence-corrected chi connectivity index (χ3v) is 4.50. The quantitative estimate of drug-likeness (QED) is 0.670. The van der Waals surface area contributed by atoms with Gasteiger partial charge in [-0.15, -0.1) is 0 Å². The van der Waals surface area contributed by atoms with Gasteiger partial charge < -0.3 is 9.32 Å². The number of aliphatic imine (C=N–C) groups is 2. The van der Waals surface area contributed by atoms with E-state index in [2.05, 4.69) is 22.6 Å². The van der Waals surface area contributed by atoms with Gasteiger partial charge in [-0.3, -0.25) is 9.59 Å². The van der Waals surface area contributed by atoms with Crippen LogP contribution in [-0.2, 0) is 16.0 Å². The van der Waals surface area contributed by atoms with Crippen LogP contribution < -0.4 is 0 Å². The molecule has 2 aromatic rings. The molecule has 0 bridgehead atoms. The molecular weight excluding hydrogens is 366 g/mol. The molecule has 0 saturated carbocycles. The van der Waals surface area contributed by atoms with E-state index in [0.29, 0.717) is 18.7 Å². The molecule has 1 aliphatic rings. The number of allylic oxidation sites excluding steroid dienone is 2. The van der Waals surface area contributed by atoms with Crippen molar-refractivity contribution >= 4 is 34.2 Å². The normalized spacial score (nSPS) is 15.0. The molecular formula is C23H29N3O3. The number of ketones is 2. The summed E-state index contributed by atoms with van der Waals surface area (Å²) >= 11 is 0. The SMILES string of the molecule is C.C=C/C=C1/N=C(C(=O)CCCc2ccc3oc(C)cc3c2)N=C(C(C)=O)N1C.[HH]. The number of Topliss-reactive ketones (excluding diaryl/α,β-unsaturated/α-hetero) is 2. The van der Waals surface area contributed by atoms with Crippen molar-refractivity contribution < 1.29 is 15.4 Å². The topological polar surface area (TPSA) is 75.2 Å². The van der Waals surface area contributed by atoms with Gasteiger partial charge in [0, 0.05) is 27.2 Å². The van der Waals surface area contributed by atoms with Gasteiger partial charge >= 0.3 is 0 Å². The van der Waals surface area contributed by atoms with Crippen LogP contribution in [-0.4, -0.2) is 35.2 Å². The van der Waals surface area contributed by atoms with Crippen molar-refractivity contribution in [3.8, 4) is 0 Å². The Morgan fingerprint density at radius 2 is 2.03 bits per heavy atom. The van der Waals surface area contributed by atoms with E-state index in [4.69, 9.17) is 4.42 Å². The van der Waals surface area contributed by atoms with Crippen LogP contribution in [0.2, 0.25) is 0 Å². The summed E-state index contributed by atoms with van der Waals surface area (Å²) in [5.74, 6) is 1.22. The van der Waals surface area contributed by atoms with Crippen LogP contribution in [0.5, 0.6) is 0 Å². The number of carbonyl (C=O) groups is 2. The molecule has 0 saturated heterocycles. The number of amidine groups is 2. The van der Waals surface area contributed by atoms with Gasteiger partial charge in [-0.05, 0) is 49.6 Å². The molecule has 154 valence electrons. The van der Waals surface area contributed by atoms with Crippen LogP contribution in [0.15, 0.2) is 63.2 Å². The van der Waals surface area contributed by atoms with Crippen molar-refractivity contribution in [1.29, 1.82) is 0 Å². The van der Waals surface area contributed by atoms with Gasteiger partial charge in [0.25, 0.3) is 0 Å². The highest BCUT2D eigenvalue weighted by Crippen LogP contribution is 2.21. The van der Waals surface area contributed by atoms with E-state index < -0.39 is 0 Å². The fraction of sp³-hybridized carbons (Fsp3) is 0.304. The van der Waals surface area contributed by atoms with Gasteiger partial charge in [-0.2, -0.15) is 0 Å². The molecule has 1 aliphatic heterocycles. The zero-order chi connectivity index (χ0) is 20.3. The summed E-state index contributed by atoms with van der Waals surface area (Å²) in [4.78, 5) is 34.4. The van der Waals surface area contributed by atoms with Crippen molar-refractivity contribution in [3.63, 3.8) is 0 Å². The smallest absolute Gasteiger partial charge is 0.200 e. The van der Waals surface area contributed by atoms with Gasteiger partial charge in [0.1, 0.15) is 17.2 Å². The average Bonchev–Trinajstić information content (AvgIpc) is 3.02. The summed E-state index contributed by atoms with van der Waals surface area (Å²) in [6.45, 7) is 6.99. The van der Waals surface area contributed by atoms with Gasteiger partial charge in [-0.25, -0.2) is 9.98 Å². The Morgan fingerprint density at radius 3 is 2.72 bits per heavy atom. The van der Waals surface area contributed by atoms with Crippen LogP contribution >= 0.6 is 0 Å². The van der Waals surface area contributed by atoms with Crippen molar-refractivity contribution in [3.05, 3.63) is 60.1 Å². The number of nitrogens with zero attached hydrogens (tertiary/aromatic N) is 3. The maximum atomic E-state index is 12.6. The van der Waals surface area contributed by atoms with Gasteiger partial charge in [-0.1, -0.05) is 26.1 Å². The van der Waals surface area contributed by atoms with Gasteiger partial charge in [0.15, 0.2) is 23.2 Å². The summed E-state index contributed by atoms with van der Waals surface area (Å²) in [5.41, 5.74) is 2.01. The van der Waals surface area contributed by atoms with Crippen LogP contribution in [0.25, 0.3) is 11.0 Å². The van der Waals surface area contributed by atoms with Crippen molar-refractivity contribution in [2.24, 2.45) is 9.98 Å². The van der Waals surface area contributed by atoms with Crippen molar-refractivity contribution in [2.45, 2.75) is 40.5 Å². The average molecular weight is 396 g/mol. The lowest BCUT2D eigenvalue weighted by atomic mass is 10.0. The number of fused-ring (bicyclic) bond motifs is 1. The van der Waals surface area contributed by atoms with Gasteiger partial charge in [0.05, 0.1) is 0 Å². The van der Waals surface area contributed by atoms with Crippen LogP contribution in [0.1, 0.15) is 39.9 Å². The Balaban J connectivity index is 0.00000225. The summed E-state index contributed by atoms with van der Waals surface area (Å²) in [7, 11) is 1.69. The van der Waals surface area contributed by atoms with Crippen LogP contribution in [0.4, 0.5) is 0 Å². The minimum Gasteiger partial charge on any atom is -0.461 e. The molecule has 0 N–H and O–H groups in total. The highest BCUT2D eigenvalue weighted by molar-refractivity contribution is 6.48. The fourth-order valence-corrected chi connectivity index (χ4v) is 3.13. The Hall–Kier alpha value is -3.28. The first-order valence-corrected chi connectivity index (χ1v) is 9.16. The molecule has 6 nitrogen and oxygen atoms in total. The predicted molar refractivity (Wildman–Crippen MR) is 119 cm³/mol. The maximum Gasteiger partial charge on any atom is 0.200 e. The van der Waals surface area contributed by atoms with Crippen LogP contribution in [0.3, 0.4) is 0 Å². The number of hydrogen-bond donors (Lipinski definition) is 0. The van der Waals surface area contributed by atoms with E-state index in [1.807, 2.05) is 25.1 Å². The lowest BCUT2D eigenvalue weighted by Gasteiger charge is -2.23. The zero-order valence-electron chi connectivity index (χ0n) is 16.4. The third kappa shape index (κ3) is 4.96. The Bertz CT molecular complexity index is 1050. The molecule has 0 spiro atoms. The van der Waals surface area contributed by atoms with Crippen molar-refractivity contribution in [2.75, 3.05) is 7.05 Å². The summed E-state index contributed by atoms with van der Waals surface area (Å²) in [5, 5.41) is 1.07. The van der Waals surface area contributed by atoms with E-state index in [-0.39, 0.29) is 32.1 Å². The molecule has 2 heterocycles. The Kier molecular flexibility index (Phi) is 7.04. The number of furan rings is 1. The lowest BCUT2D eigenvalue weighted by molar-refractivity contribution is -0.113. The predicted octanol–water partition coefficient (Wildman–Crippen LogP) is 4.87. The monoisotopic (exact) mass is 395 g/mol. The summed E-state index contributed by atoms with van der Waals surface area (Å²) in [6, 6.07) is 8.05. The lowest BCUT2D eigenvalue weighted by Crippen LogP contribution is -2.36. The maximum absolute atomic E-state index is 12.6. The minimum atomic E-state index is -0.221. The number of rotatable bonds is 7. The number of benzene rings is 1. The molecule has 1 aromatic carbocycles. The van der Waals surface area contributed by atoms with E-state index >= 15 is 0 Å². The molecule has 1 aromatic heterocycles. The Morgan fingerprint density at radius 1 is 1.28 bits per heavy atom. The largest absolute Gasteiger partial charge is 0.461 e.